The highest BCUT2D eigenvalue weighted by Gasteiger charge is 2.67. The maximum Gasteiger partial charge on any atom is 0.274 e. The standard InChI is InChI=1S/C14H17Br2N3O/c1-13(10-14(13,15)16)12(20)19-8-6-18(7-9-19)11-4-2-3-5-17-11/h2-5H,6-10H2,1H3/p+1/t13-/m0/s1. The number of aromatic amines is 1. The SMILES string of the molecule is C[C@@]1(C(=O)N2CCN(c3cccc[nH+]3)CC2)CC1(Br)Br. The molecule has 1 aliphatic carbocycles. The van der Waals surface area contributed by atoms with Crippen LogP contribution in [-0.4, -0.2) is 40.2 Å². The Morgan fingerprint density at radius 3 is 2.40 bits per heavy atom. The van der Waals surface area contributed by atoms with Crippen LogP contribution < -0.4 is 9.88 Å². The van der Waals surface area contributed by atoms with Gasteiger partial charge in [0.2, 0.25) is 5.91 Å². The quantitative estimate of drug-likeness (QED) is 0.708. The third-order valence-corrected chi connectivity index (χ3v) is 6.64. The number of aromatic nitrogens is 1. The van der Waals surface area contributed by atoms with E-state index in [2.05, 4.69) is 47.8 Å². The summed E-state index contributed by atoms with van der Waals surface area (Å²) < 4.78 is -0.200. The van der Waals surface area contributed by atoms with Gasteiger partial charge in [-0.1, -0.05) is 37.9 Å². The summed E-state index contributed by atoms with van der Waals surface area (Å²) in [6.45, 7) is 5.34. The second kappa shape index (κ2) is 4.98. The summed E-state index contributed by atoms with van der Waals surface area (Å²) in [5.74, 6) is 1.37. The number of alkyl halides is 2. The summed E-state index contributed by atoms with van der Waals surface area (Å²) in [4.78, 5) is 20.1. The van der Waals surface area contributed by atoms with Crippen LogP contribution >= 0.6 is 31.9 Å². The minimum Gasteiger partial charge on any atom is -0.334 e. The van der Waals surface area contributed by atoms with E-state index < -0.39 is 0 Å². The van der Waals surface area contributed by atoms with Gasteiger partial charge in [-0.2, -0.15) is 0 Å². The molecule has 2 heterocycles. The first-order valence-corrected chi connectivity index (χ1v) is 8.41. The van der Waals surface area contributed by atoms with Gasteiger partial charge in [-0.25, -0.2) is 4.98 Å². The minimum absolute atomic E-state index is 0.200. The average molecular weight is 404 g/mol. The van der Waals surface area contributed by atoms with Crippen LogP contribution in [0.2, 0.25) is 0 Å². The smallest absolute Gasteiger partial charge is 0.274 e. The molecule has 1 aromatic heterocycles. The van der Waals surface area contributed by atoms with Gasteiger partial charge >= 0.3 is 0 Å². The molecule has 0 spiro atoms. The zero-order valence-corrected chi connectivity index (χ0v) is 14.6. The van der Waals surface area contributed by atoms with E-state index in [0.29, 0.717) is 0 Å². The van der Waals surface area contributed by atoms with Crippen molar-refractivity contribution in [3.8, 4) is 0 Å². The van der Waals surface area contributed by atoms with E-state index in [9.17, 15) is 4.79 Å². The number of hydrogen-bond donors (Lipinski definition) is 0. The second-order valence-electron chi connectivity index (χ2n) is 5.74. The molecule has 2 fully saturated rings. The van der Waals surface area contributed by atoms with Crippen molar-refractivity contribution in [3.63, 3.8) is 0 Å². The molecular weight excluding hydrogens is 386 g/mol. The van der Waals surface area contributed by atoms with E-state index in [1.807, 2.05) is 30.2 Å². The van der Waals surface area contributed by atoms with Gasteiger partial charge in [0.25, 0.3) is 5.82 Å². The van der Waals surface area contributed by atoms with Crippen molar-refractivity contribution in [1.82, 2.24) is 4.90 Å². The van der Waals surface area contributed by atoms with E-state index in [0.717, 1.165) is 38.4 Å². The summed E-state index contributed by atoms with van der Waals surface area (Å²) in [6.07, 6.45) is 2.79. The lowest BCUT2D eigenvalue weighted by Crippen LogP contribution is -2.52. The normalized spacial score (nSPS) is 28.4. The number of halogens is 2. The van der Waals surface area contributed by atoms with Crippen LogP contribution in [0.25, 0.3) is 0 Å². The fraction of sp³-hybridized carbons (Fsp3) is 0.571. The van der Waals surface area contributed by atoms with Gasteiger partial charge in [0, 0.05) is 6.07 Å². The van der Waals surface area contributed by atoms with E-state index in [4.69, 9.17) is 0 Å². The lowest BCUT2D eigenvalue weighted by molar-refractivity contribution is -0.364. The number of pyridine rings is 1. The van der Waals surface area contributed by atoms with Crippen molar-refractivity contribution in [1.29, 1.82) is 0 Å². The van der Waals surface area contributed by atoms with Crippen LogP contribution in [0, 0.1) is 5.41 Å². The van der Waals surface area contributed by atoms with Gasteiger partial charge in [-0.3, -0.25) is 9.69 Å². The number of H-pyrrole nitrogens is 1. The number of carbonyl (C=O) groups is 1. The molecule has 1 aliphatic heterocycles. The maximum absolute atomic E-state index is 12.6. The van der Waals surface area contributed by atoms with Gasteiger partial charge in [-0.05, 0) is 19.4 Å². The monoisotopic (exact) mass is 402 g/mol. The van der Waals surface area contributed by atoms with Crippen LogP contribution in [0.15, 0.2) is 24.4 Å². The summed E-state index contributed by atoms with van der Waals surface area (Å²) in [6, 6.07) is 6.07. The van der Waals surface area contributed by atoms with Crippen molar-refractivity contribution in [2.45, 2.75) is 16.6 Å². The third-order valence-electron chi connectivity index (χ3n) is 4.33. The lowest BCUT2D eigenvalue weighted by atomic mass is 10.1. The number of piperazine rings is 1. The van der Waals surface area contributed by atoms with Crippen LogP contribution in [0.3, 0.4) is 0 Å². The molecule has 1 amide bonds. The maximum atomic E-state index is 12.6. The number of anilines is 1. The molecule has 0 bridgehead atoms. The van der Waals surface area contributed by atoms with E-state index in [1.54, 1.807) is 0 Å². The van der Waals surface area contributed by atoms with E-state index in [1.165, 1.54) is 0 Å². The fourth-order valence-corrected chi connectivity index (χ4v) is 4.17. The molecule has 0 radical (unpaired) electrons. The molecule has 0 aromatic carbocycles. The van der Waals surface area contributed by atoms with Crippen molar-refractivity contribution in [2.24, 2.45) is 5.41 Å². The second-order valence-corrected chi connectivity index (χ2v) is 9.51. The number of amides is 1. The molecule has 1 aromatic rings. The molecule has 1 atom stereocenters. The van der Waals surface area contributed by atoms with Crippen molar-refractivity contribution in [3.05, 3.63) is 24.4 Å². The average Bonchev–Trinajstić information content (AvgIpc) is 2.99. The zero-order valence-electron chi connectivity index (χ0n) is 11.4. The predicted octanol–water partition coefficient (Wildman–Crippen LogP) is 2.05. The Morgan fingerprint density at radius 1 is 1.25 bits per heavy atom. The molecule has 6 heteroatoms. The minimum atomic E-state index is -0.298. The Morgan fingerprint density at radius 2 is 1.90 bits per heavy atom. The molecule has 3 rings (SSSR count). The lowest BCUT2D eigenvalue weighted by Gasteiger charge is -2.33. The molecule has 108 valence electrons. The molecule has 2 aliphatic rings. The summed E-state index contributed by atoms with van der Waals surface area (Å²) >= 11 is 7.16. The highest BCUT2D eigenvalue weighted by Crippen LogP contribution is 2.66. The van der Waals surface area contributed by atoms with Crippen molar-refractivity contribution >= 4 is 43.6 Å². The van der Waals surface area contributed by atoms with E-state index in [-0.39, 0.29) is 14.6 Å². The van der Waals surface area contributed by atoms with Gasteiger partial charge in [-0.15, -0.1) is 0 Å². The molecular formula is C14H18Br2N3O+. The zero-order chi connectivity index (χ0) is 14.4. The Hall–Kier alpha value is -0.620. The van der Waals surface area contributed by atoms with Gasteiger partial charge in [0.15, 0.2) is 0 Å². The Kier molecular flexibility index (Phi) is 3.57. The Bertz CT molecular complexity index is 514. The van der Waals surface area contributed by atoms with Crippen LogP contribution in [0.5, 0.6) is 0 Å². The molecule has 1 N–H and O–H groups in total. The van der Waals surface area contributed by atoms with Crippen molar-refractivity contribution < 1.29 is 9.78 Å². The molecule has 1 saturated carbocycles. The van der Waals surface area contributed by atoms with Crippen LogP contribution in [0.1, 0.15) is 13.3 Å². The Balaban J connectivity index is 1.61. The van der Waals surface area contributed by atoms with Crippen molar-refractivity contribution in [2.75, 3.05) is 31.1 Å². The first kappa shape index (κ1) is 14.3. The number of hydrogen-bond acceptors (Lipinski definition) is 2. The molecule has 4 nitrogen and oxygen atoms in total. The van der Waals surface area contributed by atoms with Gasteiger partial charge in [0.1, 0.15) is 13.1 Å². The van der Waals surface area contributed by atoms with Gasteiger partial charge in [0.05, 0.1) is 27.9 Å². The fourth-order valence-electron chi connectivity index (χ4n) is 2.71. The number of rotatable bonds is 2. The molecule has 0 unspecified atom stereocenters. The first-order valence-electron chi connectivity index (χ1n) is 6.83. The van der Waals surface area contributed by atoms with Crippen LogP contribution in [-0.2, 0) is 4.79 Å². The molecule has 20 heavy (non-hydrogen) atoms. The first-order chi connectivity index (χ1) is 9.44. The number of nitrogens with zero attached hydrogens (tertiary/aromatic N) is 2. The highest BCUT2D eigenvalue weighted by atomic mass is 79.9. The topological polar surface area (TPSA) is 37.7 Å². The summed E-state index contributed by atoms with van der Waals surface area (Å²) in [7, 11) is 0. The van der Waals surface area contributed by atoms with Crippen LogP contribution in [0.4, 0.5) is 5.82 Å². The highest BCUT2D eigenvalue weighted by molar-refractivity contribution is 9.25. The summed E-state index contributed by atoms with van der Waals surface area (Å²) in [5, 5.41) is 0. The molecule has 1 saturated heterocycles. The largest absolute Gasteiger partial charge is 0.334 e. The summed E-state index contributed by atoms with van der Waals surface area (Å²) in [5.41, 5.74) is -0.298. The number of carbonyl (C=O) groups excluding carboxylic acids is 1. The Labute approximate surface area is 135 Å². The van der Waals surface area contributed by atoms with E-state index >= 15 is 0 Å². The van der Waals surface area contributed by atoms with Gasteiger partial charge < -0.3 is 4.90 Å². The number of nitrogens with one attached hydrogen (secondary N) is 1. The predicted molar refractivity (Wildman–Crippen MR) is 85.1 cm³/mol. The third kappa shape index (κ3) is 2.37.